The van der Waals surface area contributed by atoms with Crippen LogP contribution in [0.2, 0.25) is 5.02 Å². The summed E-state index contributed by atoms with van der Waals surface area (Å²) >= 11 is 5.98. The topological polar surface area (TPSA) is 20.2 Å². The van der Waals surface area contributed by atoms with E-state index in [4.69, 9.17) is 11.6 Å². The molecule has 0 aromatic heterocycles. The summed E-state index contributed by atoms with van der Waals surface area (Å²) in [5.41, 5.74) is 0.550. The lowest BCUT2D eigenvalue weighted by atomic mass is 10.1. The average Bonchev–Trinajstić information content (AvgIpc) is 2.61. The van der Waals surface area contributed by atoms with Crippen molar-refractivity contribution < 1.29 is 5.11 Å². The second kappa shape index (κ2) is 2.48. The van der Waals surface area contributed by atoms with Crippen LogP contribution < -0.4 is 0 Å². The first-order chi connectivity index (χ1) is 5.61. The van der Waals surface area contributed by atoms with Crippen molar-refractivity contribution in [2.24, 2.45) is 0 Å². The van der Waals surface area contributed by atoms with Crippen LogP contribution in [0.3, 0.4) is 0 Å². The minimum absolute atomic E-state index is 0.242. The maximum Gasteiger partial charge on any atom is 0.0696 e. The van der Waals surface area contributed by atoms with Crippen LogP contribution in [0, 0.1) is 0 Å². The van der Waals surface area contributed by atoms with Gasteiger partial charge in [0.25, 0.3) is 0 Å². The highest BCUT2D eigenvalue weighted by atomic mass is 35.5. The van der Waals surface area contributed by atoms with Gasteiger partial charge in [-0.25, -0.2) is 0 Å². The lowest BCUT2D eigenvalue weighted by Gasteiger charge is -2.04. The summed E-state index contributed by atoms with van der Waals surface area (Å²) in [6, 6.07) is 7.71. The Hall–Kier alpha value is -0.530. The Bertz CT molecular complexity index is 306. The molecule has 2 unspecified atom stereocenters. The van der Waals surface area contributed by atoms with Gasteiger partial charge in [-0.2, -0.15) is 0 Å². The highest BCUT2D eigenvalue weighted by Crippen LogP contribution is 2.52. The van der Waals surface area contributed by atoms with Crippen molar-refractivity contribution in [2.75, 3.05) is 0 Å². The van der Waals surface area contributed by atoms with Crippen LogP contribution in [0.1, 0.15) is 24.8 Å². The van der Waals surface area contributed by atoms with Crippen LogP contribution in [0.25, 0.3) is 0 Å². The van der Waals surface area contributed by atoms with Gasteiger partial charge >= 0.3 is 0 Å². The lowest BCUT2D eigenvalue weighted by Crippen LogP contribution is -2.02. The van der Waals surface area contributed by atoms with Gasteiger partial charge in [0.05, 0.1) is 5.60 Å². The van der Waals surface area contributed by atoms with Gasteiger partial charge in [0.15, 0.2) is 0 Å². The minimum atomic E-state index is -0.523. The van der Waals surface area contributed by atoms with E-state index in [0.717, 1.165) is 17.0 Å². The Morgan fingerprint density at radius 3 is 2.58 bits per heavy atom. The summed E-state index contributed by atoms with van der Waals surface area (Å²) < 4.78 is 0. The third-order valence-corrected chi connectivity index (χ3v) is 2.83. The molecule has 2 rings (SSSR count). The SMILES string of the molecule is CC1(O)CC1c1ccccc1Cl. The van der Waals surface area contributed by atoms with Gasteiger partial charge in [-0.1, -0.05) is 29.8 Å². The van der Waals surface area contributed by atoms with E-state index in [1.165, 1.54) is 0 Å². The summed E-state index contributed by atoms with van der Waals surface area (Å²) in [7, 11) is 0. The molecule has 1 aromatic carbocycles. The number of rotatable bonds is 1. The van der Waals surface area contributed by atoms with Crippen molar-refractivity contribution in [3.63, 3.8) is 0 Å². The monoisotopic (exact) mass is 182 g/mol. The second-order valence-electron chi connectivity index (χ2n) is 3.64. The van der Waals surface area contributed by atoms with Crippen molar-refractivity contribution in [3.8, 4) is 0 Å². The first-order valence-electron chi connectivity index (χ1n) is 4.08. The molecule has 1 N–H and O–H groups in total. The molecule has 1 saturated carbocycles. The van der Waals surface area contributed by atoms with Crippen molar-refractivity contribution in [1.29, 1.82) is 0 Å². The normalized spacial score (nSPS) is 33.4. The van der Waals surface area contributed by atoms with Gasteiger partial charge in [0.2, 0.25) is 0 Å². The molecule has 1 nitrogen and oxygen atoms in total. The Morgan fingerprint density at radius 2 is 2.08 bits per heavy atom. The van der Waals surface area contributed by atoms with Gasteiger partial charge in [0.1, 0.15) is 0 Å². The van der Waals surface area contributed by atoms with Gasteiger partial charge in [-0.15, -0.1) is 0 Å². The molecule has 0 amide bonds. The third kappa shape index (κ3) is 1.23. The van der Waals surface area contributed by atoms with Crippen LogP contribution in [0.5, 0.6) is 0 Å². The molecular formula is C10H11ClO. The fraction of sp³-hybridized carbons (Fsp3) is 0.400. The smallest absolute Gasteiger partial charge is 0.0696 e. The molecule has 2 heteroatoms. The molecule has 1 aliphatic carbocycles. The van der Waals surface area contributed by atoms with Crippen molar-refractivity contribution in [1.82, 2.24) is 0 Å². The van der Waals surface area contributed by atoms with E-state index in [-0.39, 0.29) is 5.92 Å². The maximum absolute atomic E-state index is 9.61. The summed E-state index contributed by atoms with van der Waals surface area (Å²) in [5, 5.41) is 10.4. The summed E-state index contributed by atoms with van der Waals surface area (Å²) in [5.74, 6) is 0.242. The van der Waals surface area contributed by atoms with Crippen molar-refractivity contribution in [2.45, 2.75) is 24.9 Å². The highest BCUT2D eigenvalue weighted by Gasteiger charge is 2.50. The lowest BCUT2D eigenvalue weighted by molar-refractivity contribution is 0.164. The first kappa shape index (κ1) is 8.09. The van der Waals surface area contributed by atoms with E-state index in [1.807, 2.05) is 31.2 Å². The van der Waals surface area contributed by atoms with E-state index in [0.29, 0.717) is 0 Å². The molecule has 1 aliphatic rings. The van der Waals surface area contributed by atoms with Crippen LogP contribution in [0.15, 0.2) is 24.3 Å². The zero-order valence-electron chi connectivity index (χ0n) is 6.92. The summed E-state index contributed by atoms with van der Waals surface area (Å²) in [6.45, 7) is 1.85. The number of aliphatic hydroxyl groups is 1. The molecule has 0 bridgehead atoms. The maximum atomic E-state index is 9.61. The molecule has 0 spiro atoms. The number of benzene rings is 1. The third-order valence-electron chi connectivity index (χ3n) is 2.49. The molecule has 1 aromatic rings. The Morgan fingerprint density at radius 1 is 1.50 bits per heavy atom. The minimum Gasteiger partial charge on any atom is -0.390 e. The van der Waals surface area contributed by atoms with Crippen molar-refractivity contribution in [3.05, 3.63) is 34.9 Å². The number of halogens is 1. The van der Waals surface area contributed by atoms with Crippen LogP contribution >= 0.6 is 11.6 Å². The van der Waals surface area contributed by atoms with E-state index in [1.54, 1.807) is 0 Å². The van der Waals surface area contributed by atoms with Crippen LogP contribution in [-0.2, 0) is 0 Å². The predicted octanol–water partition coefficient (Wildman–Crippen LogP) is 2.58. The van der Waals surface area contributed by atoms with E-state index in [9.17, 15) is 5.11 Å². The summed E-state index contributed by atoms with van der Waals surface area (Å²) in [6.07, 6.45) is 0.830. The van der Waals surface area contributed by atoms with E-state index in [2.05, 4.69) is 0 Å². The molecule has 0 aliphatic heterocycles. The molecule has 1 fully saturated rings. The van der Waals surface area contributed by atoms with Crippen LogP contribution in [0.4, 0.5) is 0 Å². The molecule has 0 heterocycles. The van der Waals surface area contributed by atoms with Gasteiger partial charge < -0.3 is 5.11 Å². The zero-order chi connectivity index (χ0) is 8.77. The largest absolute Gasteiger partial charge is 0.390 e. The molecule has 12 heavy (non-hydrogen) atoms. The zero-order valence-corrected chi connectivity index (χ0v) is 7.67. The van der Waals surface area contributed by atoms with E-state index >= 15 is 0 Å². The van der Waals surface area contributed by atoms with Gasteiger partial charge in [-0.3, -0.25) is 0 Å². The molecule has 2 atom stereocenters. The number of hydrogen-bond acceptors (Lipinski definition) is 1. The second-order valence-corrected chi connectivity index (χ2v) is 4.04. The fourth-order valence-electron chi connectivity index (χ4n) is 1.56. The molecular weight excluding hydrogens is 172 g/mol. The molecule has 0 radical (unpaired) electrons. The van der Waals surface area contributed by atoms with E-state index < -0.39 is 5.60 Å². The highest BCUT2D eigenvalue weighted by molar-refractivity contribution is 6.31. The molecule has 64 valence electrons. The van der Waals surface area contributed by atoms with Crippen molar-refractivity contribution >= 4 is 11.6 Å². The summed E-state index contributed by atoms with van der Waals surface area (Å²) in [4.78, 5) is 0. The van der Waals surface area contributed by atoms with Crippen LogP contribution in [-0.4, -0.2) is 10.7 Å². The molecule has 0 saturated heterocycles. The number of hydrogen-bond donors (Lipinski definition) is 1. The standard InChI is InChI=1S/C10H11ClO/c1-10(12)6-8(10)7-4-2-3-5-9(7)11/h2-5,8,12H,6H2,1H3. The van der Waals surface area contributed by atoms with Gasteiger partial charge in [0, 0.05) is 10.9 Å². The fourth-order valence-corrected chi connectivity index (χ4v) is 1.82. The average molecular weight is 183 g/mol. The Kier molecular flexibility index (Phi) is 1.67. The predicted molar refractivity (Wildman–Crippen MR) is 49.4 cm³/mol. The first-order valence-corrected chi connectivity index (χ1v) is 4.46. The quantitative estimate of drug-likeness (QED) is 0.708. The van der Waals surface area contributed by atoms with Gasteiger partial charge in [-0.05, 0) is 25.0 Å². The Balaban J connectivity index is 2.31. The Labute approximate surface area is 77.0 Å².